The van der Waals surface area contributed by atoms with E-state index in [1.807, 2.05) is 133 Å². The maximum atomic E-state index is 11.2. The molecule has 6 aromatic rings. The molecule has 14 heteroatoms. The van der Waals surface area contributed by atoms with Crippen molar-refractivity contribution in [2.75, 3.05) is 14.2 Å². The molecular weight excluding hydrogens is 698 g/mol. The Kier molecular flexibility index (Phi) is 14.8. The van der Waals surface area contributed by atoms with Crippen molar-refractivity contribution in [3.63, 3.8) is 0 Å². The first-order valence-corrected chi connectivity index (χ1v) is 16.0. The number of nitro groups is 2. The third kappa shape index (κ3) is 12.6. The molecule has 272 valence electrons. The molecule has 2 aromatic heterocycles. The number of hydrogen-bond acceptors (Lipinski definition) is 8. The molecule has 6 rings (SSSR count). The molecule has 0 saturated carbocycles. The normalized spacial score (nSPS) is 10.5. The molecule has 2 heterocycles. The van der Waals surface area contributed by atoms with E-state index in [0.717, 1.165) is 33.8 Å². The Balaban J connectivity index is 0.000000219. The second-order valence-electron chi connectivity index (χ2n) is 10.9. The van der Waals surface area contributed by atoms with Crippen molar-refractivity contribution in [3.05, 3.63) is 176 Å². The third-order valence-corrected chi connectivity index (χ3v) is 7.25. The fourth-order valence-corrected chi connectivity index (χ4v) is 4.69. The average molecular weight is 731 g/mol. The molecule has 54 heavy (non-hydrogen) atoms. The van der Waals surface area contributed by atoms with Crippen LogP contribution in [-0.4, -0.2) is 31.5 Å². The van der Waals surface area contributed by atoms with Gasteiger partial charge in [-0.05, 0) is 59.7 Å². The number of hydrogen-bond donors (Lipinski definition) is 0. The van der Waals surface area contributed by atoms with Crippen molar-refractivity contribution in [2.24, 2.45) is 0 Å². The molecular formula is C40H32BFN2O10. The van der Waals surface area contributed by atoms with Gasteiger partial charge in [0.15, 0.2) is 9.85 Å². The summed E-state index contributed by atoms with van der Waals surface area (Å²) in [7, 11) is 0.0606. The topological polar surface area (TPSA) is 173 Å². The quantitative estimate of drug-likeness (QED) is 0.0577. The molecule has 0 atom stereocenters. The highest BCUT2D eigenvalue weighted by atomic mass is 19.1. The number of nitrogens with zero attached hydrogens (tertiary/aromatic N) is 2. The lowest BCUT2D eigenvalue weighted by molar-refractivity contribution is -0.402. The highest BCUT2D eigenvalue weighted by molar-refractivity contribution is 6.27. The van der Waals surface area contributed by atoms with Gasteiger partial charge >= 0.3 is 23.3 Å². The Morgan fingerprint density at radius 3 is 1.15 bits per heavy atom. The van der Waals surface area contributed by atoms with Crippen LogP contribution in [0.1, 0.15) is 22.3 Å². The number of rotatable bonds is 10. The van der Waals surface area contributed by atoms with Crippen LogP contribution in [0.5, 0.6) is 11.5 Å². The van der Waals surface area contributed by atoms with E-state index in [0.29, 0.717) is 22.6 Å². The summed E-state index contributed by atoms with van der Waals surface area (Å²) < 4.78 is 30.9. The SMILES string of the molecule is COc1ccc(/C=C/c2cc(-c3ccccc3)[o+]c([N+](=O)[O-])c2)cc1.COc1ccc(/C=C/c2cc(-c3ccccc3)[o+]c([N+](=O)[O-])c2)cc1.[O-]B([O-])F. The second-order valence-corrected chi connectivity index (χ2v) is 10.9. The van der Waals surface area contributed by atoms with E-state index >= 15 is 0 Å². The molecule has 0 spiro atoms. The minimum atomic E-state index is -3.17. The van der Waals surface area contributed by atoms with Gasteiger partial charge in [-0.25, -0.2) is 0 Å². The Morgan fingerprint density at radius 2 is 0.852 bits per heavy atom. The van der Waals surface area contributed by atoms with Gasteiger partial charge in [-0.2, -0.15) is 0 Å². The van der Waals surface area contributed by atoms with E-state index in [9.17, 15) is 24.5 Å². The molecule has 0 N–H and O–H groups in total. The molecule has 0 fully saturated rings. The van der Waals surface area contributed by atoms with Gasteiger partial charge in [0, 0.05) is 11.1 Å². The molecule has 0 radical (unpaired) electrons. The van der Waals surface area contributed by atoms with Crippen LogP contribution in [0, 0.1) is 20.2 Å². The van der Waals surface area contributed by atoms with E-state index in [2.05, 4.69) is 0 Å². The zero-order chi connectivity index (χ0) is 38.9. The summed E-state index contributed by atoms with van der Waals surface area (Å²) in [5.41, 5.74) is 4.87. The van der Waals surface area contributed by atoms with E-state index in [1.165, 1.54) is 12.1 Å². The predicted molar refractivity (Wildman–Crippen MR) is 201 cm³/mol. The third-order valence-electron chi connectivity index (χ3n) is 7.25. The lowest BCUT2D eigenvalue weighted by Gasteiger charge is -2.09. The summed E-state index contributed by atoms with van der Waals surface area (Å²) in [6.45, 7) is 0. The van der Waals surface area contributed by atoms with E-state index < -0.39 is 17.2 Å². The molecule has 0 aliphatic heterocycles. The minimum absolute atomic E-state index is 0.296. The summed E-state index contributed by atoms with van der Waals surface area (Å²) in [4.78, 5) is 21.2. The van der Waals surface area contributed by atoms with Crippen LogP contribution < -0.4 is 19.5 Å². The minimum Gasteiger partial charge on any atom is -0.867 e. The lowest BCUT2D eigenvalue weighted by Crippen LogP contribution is -2.39. The van der Waals surface area contributed by atoms with Crippen LogP contribution >= 0.6 is 0 Å². The molecule has 0 saturated heterocycles. The molecule has 0 unspecified atom stereocenters. The van der Waals surface area contributed by atoms with Gasteiger partial charge < -0.3 is 23.8 Å². The highest BCUT2D eigenvalue weighted by Crippen LogP contribution is 2.28. The fourth-order valence-electron chi connectivity index (χ4n) is 4.69. The smallest absolute Gasteiger partial charge is 0.651 e. The van der Waals surface area contributed by atoms with Crippen molar-refractivity contribution in [3.8, 4) is 34.1 Å². The maximum absolute atomic E-state index is 11.2. The predicted octanol–water partition coefficient (Wildman–Crippen LogP) is 8.29. The number of benzene rings is 4. The van der Waals surface area contributed by atoms with Gasteiger partial charge in [-0.1, -0.05) is 85.0 Å². The lowest BCUT2D eigenvalue weighted by atomic mass is 10.1. The van der Waals surface area contributed by atoms with Crippen LogP contribution in [-0.2, 0) is 0 Å². The first kappa shape index (κ1) is 39.8. The number of ether oxygens (including phenoxy) is 2. The summed E-state index contributed by atoms with van der Waals surface area (Å²) >= 11 is 0. The van der Waals surface area contributed by atoms with Crippen molar-refractivity contribution in [1.82, 2.24) is 0 Å². The first-order valence-electron chi connectivity index (χ1n) is 16.0. The Bertz CT molecular complexity index is 2030. The standard InChI is InChI=1S/2C20H16NO4.BFO2/c2*1-24-18-11-9-15(10-12-18)7-8-16-13-19(17-5-3-2-4-6-17)25-20(14-16)21(22)23;2-1(3)4/h2*2-14H,1H3;/q2*+1;-2/b2*8-7+;. The van der Waals surface area contributed by atoms with Crippen molar-refractivity contribution < 1.29 is 42.5 Å². The van der Waals surface area contributed by atoms with Crippen molar-refractivity contribution >= 4 is 43.5 Å². The van der Waals surface area contributed by atoms with E-state index in [4.69, 9.17) is 28.4 Å². The Hall–Kier alpha value is -7.03. The average Bonchev–Trinajstić information content (AvgIpc) is 3.20. The summed E-state index contributed by atoms with van der Waals surface area (Å²) in [5, 5.41) is 38.9. The van der Waals surface area contributed by atoms with Gasteiger partial charge in [-0.3, -0.25) is 20.2 Å². The largest absolute Gasteiger partial charge is 0.867 e. The maximum Gasteiger partial charge on any atom is 0.651 e. The number of halogens is 1. The number of methoxy groups -OCH3 is 2. The summed E-state index contributed by atoms with van der Waals surface area (Å²) in [6.07, 6.45) is 7.40. The van der Waals surface area contributed by atoms with Crippen LogP contribution in [0.4, 0.5) is 16.1 Å². The Labute approximate surface area is 309 Å². The van der Waals surface area contributed by atoms with Crippen molar-refractivity contribution in [1.29, 1.82) is 0 Å². The van der Waals surface area contributed by atoms with Crippen molar-refractivity contribution in [2.45, 2.75) is 0 Å². The van der Waals surface area contributed by atoms with E-state index in [-0.39, 0.29) is 11.8 Å². The zero-order valence-corrected chi connectivity index (χ0v) is 28.9. The van der Waals surface area contributed by atoms with Crippen LogP contribution in [0.2, 0.25) is 0 Å². The van der Waals surface area contributed by atoms with Gasteiger partial charge in [-0.15, -0.1) is 8.83 Å². The molecule has 0 amide bonds. The first-order chi connectivity index (χ1) is 26.0. The van der Waals surface area contributed by atoms with Crippen LogP contribution in [0.25, 0.3) is 47.0 Å². The van der Waals surface area contributed by atoms with Crippen LogP contribution in [0.3, 0.4) is 0 Å². The molecule has 12 nitrogen and oxygen atoms in total. The molecule has 0 aliphatic rings. The van der Waals surface area contributed by atoms with Crippen LogP contribution in [0.15, 0.2) is 142 Å². The van der Waals surface area contributed by atoms with Gasteiger partial charge in [0.1, 0.15) is 31.0 Å². The highest BCUT2D eigenvalue weighted by Gasteiger charge is 2.27. The summed E-state index contributed by atoms with van der Waals surface area (Å²) in [6, 6.07) is 40.0. The van der Waals surface area contributed by atoms with Gasteiger partial charge in [0.25, 0.3) is 0 Å². The second kappa shape index (κ2) is 20.1. The summed E-state index contributed by atoms with van der Waals surface area (Å²) in [5.74, 6) is 1.86. The fraction of sp³-hybridized carbons (Fsp3) is 0.0500. The monoisotopic (exact) mass is 730 g/mol. The Morgan fingerprint density at radius 1 is 0.537 bits per heavy atom. The van der Waals surface area contributed by atoms with Gasteiger partial charge in [0.2, 0.25) is 0 Å². The molecule has 4 aromatic carbocycles. The molecule has 0 aliphatic carbocycles. The van der Waals surface area contributed by atoms with E-state index in [1.54, 1.807) is 26.4 Å². The zero-order valence-electron chi connectivity index (χ0n) is 28.9. The van der Waals surface area contributed by atoms with Gasteiger partial charge in [0.05, 0.1) is 37.5 Å². The molecule has 0 bridgehead atoms.